The van der Waals surface area contributed by atoms with E-state index in [0.29, 0.717) is 23.0 Å². The van der Waals surface area contributed by atoms with Crippen LogP contribution in [-0.4, -0.2) is 35.8 Å². The Balaban J connectivity index is 1.84. The van der Waals surface area contributed by atoms with Gasteiger partial charge in [-0.2, -0.15) is 0 Å². The van der Waals surface area contributed by atoms with Gasteiger partial charge in [-0.1, -0.05) is 29.8 Å². The first-order chi connectivity index (χ1) is 11.5. The van der Waals surface area contributed by atoms with Gasteiger partial charge in [-0.3, -0.25) is 0 Å². The Kier molecular flexibility index (Phi) is 6.73. The van der Waals surface area contributed by atoms with Crippen LogP contribution in [0, 0.1) is 0 Å². The molecule has 0 radical (unpaired) electrons. The van der Waals surface area contributed by atoms with E-state index < -0.39 is 6.10 Å². The molecule has 0 bridgehead atoms. The second-order valence-electron chi connectivity index (χ2n) is 5.60. The van der Waals surface area contributed by atoms with Gasteiger partial charge in [0.05, 0.1) is 18.4 Å². The molecule has 0 saturated carbocycles. The van der Waals surface area contributed by atoms with Crippen LogP contribution in [-0.2, 0) is 11.2 Å². The van der Waals surface area contributed by atoms with E-state index in [0.717, 1.165) is 12.0 Å². The number of nitrogens with zero attached hydrogens (tertiary/aromatic N) is 1. The second-order valence-corrected chi connectivity index (χ2v) is 5.99. The second kappa shape index (κ2) is 8.78. The minimum Gasteiger partial charge on any atom is -0.465 e. The number of hydrogen-bond donors (Lipinski definition) is 2. The lowest BCUT2D eigenvalue weighted by Crippen LogP contribution is -2.32. The van der Waals surface area contributed by atoms with Crippen LogP contribution in [0.5, 0.6) is 0 Å². The molecule has 1 heterocycles. The maximum atomic E-state index is 11.4. The van der Waals surface area contributed by atoms with Crippen molar-refractivity contribution in [3.63, 3.8) is 0 Å². The minimum atomic E-state index is -0.715. The molecule has 1 aromatic heterocycles. The summed E-state index contributed by atoms with van der Waals surface area (Å²) in [6, 6.07) is 12.6. The minimum absolute atomic E-state index is 0.155. The van der Waals surface area contributed by atoms with Gasteiger partial charge in [0.15, 0.2) is 0 Å². The van der Waals surface area contributed by atoms with E-state index in [1.54, 1.807) is 30.3 Å². The topological polar surface area (TPSA) is 71.5 Å². The van der Waals surface area contributed by atoms with E-state index in [9.17, 15) is 9.90 Å². The molecule has 2 atom stereocenters. The number of carbonyl (C=O) groups is 1. The molecule has 0 amide bonds. The zero-order chi connectivity index (χ0) is 17.5. The van der Waals surface area contributed by atoms with Gasteiger partial charge in [-0.25, -0.2) is 9.78 Å². The Hall–Kier alpha value is -1.95. The average molecular weight is 349 g/mol. The third-order valence-corrected chi connectivity index (χ3v) is 3.87. The lowest BCUT2D eigenvalue weighted by atomic mass is 10.0. The van der Waals surface area contributed by atoms with Gasteiger partial charge < -0.3 is 15.2 Å². The van der Waals surface area contributed by atoms with Crippen LogP contribution in [0.1, 0.15) is 34.6 Å². The van der Waals surface area contributed by atoms with Crippen molar-refractivity contribution < 1.29 is 14.6 Å². The molecule has 0 aliphatic heterocycles. The number of benzene rings is 1. The van der Waals surface area contributed by atoms with Crippen molar-refractivity contribution in [2.24, 2.45) is 0 Å². The molecule has 0 saturated heterocycles. The van der Waals surface area contributed by atoms with Crippen molar-refractivity contribution in [1.29, 1.82) is 0 Å². The summed E-state index contributed by atoms with van der Waals surface area (Å²) in [6.45, 7) is 2.42. The maximum absolute atomic E-state index is 11.4. The molecule has 0 unspecified atom stereocenters. The summed E-state index contributed by atoms with van der Waals surface area (Å²) in [4.78, 5) is 15.5. The van der Waals surface area contributed by atoms with E-state index in [-0.39, 0.29) is 12.0 Å². The lowest BCUT2D eigenvalue weighted by molar-refractivity contribution is 0.0600. The zero-order valence-corrected chi connectivity index (χ0v) is 14.5. The Morgan fingerprint density at radius 3 is 2.62 bits per heavy atom. The lowest BCUT2D eigenvalue weighted by Gasteiger charge is -2.17. The van der Waals surface area contributed by atoms with E-state index in [1.165, 1.54) is 7.11 Å². The Labute approximate surface area is 146 Å². The molecule has 2 aromatic rings. The van der Waals surface area contributed by atoms with Crippen molar-refractivity contribution >= 4 is 17.6 Å². The predicted octanol–water partition coefficient (Wildman–Crippen LogP) is 2.78. The molecule has 24 heavy (non-hydrogen) atoms. The van der Waals surface area contributed by atoms with E-state index in [2.05, 4.69) is 15.0 Å². The smallest absolute Gasteiger partial charge is 0.337 e. The molecule has 0 fully saturated rings. The molecule has 2 rings (SSSR count). The number of halogens is 1. The summed E-state index contributed by atoms with van der Waals surface area (Å²) in [5.74, 6) is -0.343. The van der Waals surface area contributed by atoms with Gasteiger partial charge in [-0.05, 0) is 43.2 Å². The fourth-order valence-corrected chi connectivity index (χ4v) is 2.52. The molecule has 6 heteroatoms. The summed E-state index contributed by atoms with van der Waals surface area (Å²) < 4.78 is 4.68. The molecule has 1 aromatic carbocycles. The van der Waals surface area contributed by atoms with Crippen LogP contribution in [0.2, 0.25) is 5.15 Å². The molecule has 2 N–H and O–H groups in total. The number of ether oxygens (including phenoxy) is 1. The number of nitrogens with one attached hydrogen (secondary N) is 1. The summed E-state index contributed by atoms with van der Waals surface area (Å²) in [7, 11) is 1.36. The number of methoxy groups -OCH3 is 1. The Morgan fingerprint density at radius 2 is 2.00 bits per heavy atom. The van der Waals surface area contributed by atoms with Gasteiger partial charge in [0, 0.05) is 12.6 Å². The number of aliphatic hydroxyl groups excluding tert-OH is 1. The van der Waals surface area contributed by atoms with E-state index in [4.69, 9.17) is 11.6 Å². The average Bonchev–Trinajstić information content (AvgIpc) is 2.59. The first-order valence-corrected chi connectivity index (χ1v) is 8.08. The molecular weight excluding hydrogens is 328 g/mol. The quantitative estimate of drug-likeness (QED) is 0.594. The first kappa shape index (κ1) is 18.4. The van der Waals surface area contributed by atoms with Gasteiger partial charge in [0.1, 0.15) is 11.3 Å². The Bertz CT molecular complexity index is 676. The van der Waals surface area contributed by atoms with Crippen molar-refractivity contribution in [2.45, 2.75) is 25.5 Å². The largest absolute Gasteiger partial charge is 0.465 e. The number of aromatic nitrogens is 1. The highest BCUT2D eigenvalue weighted by molar-refractivity contribution is 6.29. The predicted molar refractivity (Wildman–Crippen MR) is 93.2 cm³/mol. The number of pyridine rings is 1. The van der Waals surface area contributed by atoms with Gasteiger partial charge in [0.2, 0.25) is 0 Å². The highest BCUT2D eigenvalue weighted by Gasteiger charge is 2.12. The summed E-state index contributed by atoms with van der Waals surface area (Å²) in [5, 5.41) is 13.8. The molecule has 0 aliphatic rings. The normalized spacial score (nSPS) is 13.3. The Morgan fingerprint density at radius 1 is 1.29 bits per heavy atom. The fraction of sp³-hybridized carbons (Fsp3) is 0.333. The summed E-state index contributed by atoms with van der Waals surface area (Å²) in [6.07, 6.45) is 0.0600. The number of hydrogen-bond acceptors (Lipinski definition) is 5. The van der Waals surface area contributed by atoms with Gasteiger partial charge >= 0.3 is 5.97 Å². The maximum Gasteiger partial charge on any atom is 0.337 e. The number of aliphatic hydroxyl groups is 1. The molecule has 128 valence electrons. The monoisotopic (exact) mass is 348 g/mol. The third kappa shape index (κ3) is 5.30. The van der Waals surface area contributed by atoms with Crippen LogP contribution in [0.15, 0.2) is 42.5 Å². The van der Waals surface area contributed by atoms with Crippen LogP contribution in [0.4, 0.5) is 0 Å². The standard InChI is InChI=1S/C18H21ClN2O3/c1-12(10-13-6-8-14(9-7-13)18(23)24-2)20-11-16(22)15-4-3-5-17(19)21-15/h3-9,12,16,20,22H,10-11H2,1-2H3/t12-,16-/m1/s1. The molecule has 0 aliphatic carbocycles. The van der Waals surface area contributed by atoms with Crippen molar-refractivity contribution in [3.8, 4) is 0 Å². The molecular formula is C18H21ClN2O3. The fourth-order valence-electron chi connectivity index (χ4n) is 2.35. The summed E-state index contributed by atoms with van der Waals surface area (Å²) >= 11 is 5.83. The molecule has 5 nitrogen and oxygen atoms in total. The van der Waals surface area contributed by atoms with Gasteiger partial charge in [-0.15, -0.1) is 0 Å². The van der Waals surface area contributed by atoms with Crippen LogP contribution >= 0.6 is 11.6 Å². The number of esters is 1. The first-order valence-electron chi connectivity index (χ1n) is 7.70. The third-order valence-electron chi connectivity index (χ3n) is 3.65. The zero-order valence-electron chi connectivity index (χ0n) is 13.7. The highest BCUT2D eigenvalue weighted by atomic mass is 35.5. The number of rotatable bonds is 7. The van der Waals surface area contributed by atoms with E-state index in [1.807, 2.05) is 19.1 Å². The highest BCUT2D eigenvalue weighted by Crippen LogP contribution is 2.13. The molecule has 0 spiro atoms. The van der Waals surface area contributed by atoms with Crippen LogP contribution in [0.3, 0.4) is 0 Å². The van der Waals surface area contributed by atoms with Crippen molar-refractivity contribution in [2.75, 3.05) is 13.7 Å². The van der Waals surface area contributed by atoms with Crippen LogP contribution in [0.25, 0.3) is 0 Å². The van der Waals surface area contributed by atoms with Crippen molar-refractivity contribution in [3.05, 3.63) is 64.4 Å². The van der Waals surface area contributed by atoms with Gasteiger partial charge in [0.25, 0.3) is 0 Å². The number of carbonyl (C=O) groups excluding carboxylic acids is 1. The van der Waals surface area contributed by atoms with Crippen LogP contribution < -0.4 is 5.32 Å². The summed E-state index contributed by atoms with van der Waals surface area (Å²) in [5.41, 5.74) is 2.17. The SMILES string of the molecule is COC(=O)c1ccc(C[C@@H](C)NC[C@@H](O)c2cccc(Cl)n2)cc1. The van der Waals surface area contributed by atoms with Crippen molar-refractivity contribution in [1.82, 2.24) is 10.3 Å². The van der Waals surface area contributed by atoms with E-state index >= 15 is 0 Å².